The number of amides is 1. The zero-order chi connectivity index (χ0) is 16.4. The number of benzene rings is 1. The normalized spacial score (nSPS) is 18.4. The van der Waals surface area contributed by atoms with Crippen LogP contribution < -0.4 is 10.1 Å². The van der Waals surface area contributed by atoms with E-state index < -0.39 is 0 Å². The first-order valence-electron chi connectivity index (χ1n) is 7.73. The third-order valence-electron chi connectivity index (χ3n) is 4.31. The number of piperazine rings is 1. The number of methoxy groups -OCH3 is 2. The highest BCUT2D eigenvalue weighted by Gasteiger charge is 2.30. The number of furan rings is 1. The second-order valence-electron chi connectivity index (χ2n) is 5.73. The van der Waals surface area contributed by atoms with E-state index in [1.165, 1.54) is 0 Å². The zero-order valence-electron chi connectivity index (χ0n) is 13.7. The molecule has 1 N–H and O–H groups in total. The maximum Gasteiger partial charge on any atom is 0.290 e. The fourth-order valence-electron chi connectivity index (χ4n) is 3.03. The summed E-state index contributed by atoms with van der Waals surface area (Å²) in [5.41, 5.74) is 1.55. The highest BCUT2D eigenvalue weighted by atomic mass is 16.5. The van der Waals surface area contributed by atoms with Crippen molar-refractivity contribution >= 4 is 16.9 Å². The molecule has 0 saturated carbocycles. The van der Waals surface area contributed by atoms with Gasteiger partial charge in [0.2, 0.25) is 0 Å². The summed E-state index contributed by atoms with van der Waals surface area (Å²) in [6.07, 6.45) is 0. The van der Waals surface area contributed by atoms with Crippen molar-refractivity contribution in [3.05, 3.63) is 29.5 Å². The van der Waals surface area contributed by atoms with Crippen LogP contribution in [0.5, 0.6) is 5.75 Å². The van der Waals surface area contributed by atoms with E-state index in [4.69, 9.17) is 13.9 Å². The van der Waals surface area contributed by atoms with Crippen LogP contribution in [-0.2, 0) is 4.74 Å². The lowest BCUT2D eigenvalue weighted by molar-refractivity contribution is 0.0440. The van der Waals surface area contributed by atoms with Crippen LogP contribution in [-0.4, -0.2) is 57.3 Å². The van der Waals surface area contributed by atoms with Gasteiger partial charge in [0.15, 0.2) is 5.76 Å². The van der Waals surface area contributed by atoms with Gasteiger partial charge in [-0.15, -0.1) is 0 Å². The fraction of sp³-hybridized carbons (Fsp3) is 0.471. The third kappa shape index (κ3) is 2.92. The number of nitrogens with one attached hydrogen (secondary N) is 1. The number of ether oxygens (including phenoxy) is 2. The van der Waals surface area contributed by atoms with E-state index in [1.807, 2.05) is 30.0 Å². The van der Waals surface area contributed by atoms with Crippen LogP contribution >= 0.6 is 0 Å². The van der Waals surface area contributed by atoms with Gasteiger partial charge in [0.05, 0.1) is 19.8 Å². The van der Waals surface area contributed by atoms with Crippen LogP contribution in [0.2, 0.25) is 0 Å². The van der Waals surface area contributed by atoms with Crippen LogP contribution in [0.25, 0.3) is 11.0 Å². The Labute approximate surface area is 135 Å². The van der Waals surface area contributed by atoms with E-state index >= 15 is 0 Å². The van der Waals surface area contributed by atoms with Gasteiger partial charge in [-0.1, -0.05) is 0 Å². The minimum atomic E-state index is -0.0822. The summed E-state index contributed by atoms with van der Waals surface area (Å²) in [6, 6.07) is 5.58. The van der Waals surface area contributed by atoms with Crippen LogP contribution in [0, 0.1) is 6.92 Å². The summed E-state index contributed by atoms with van der Waals surface area (Å²) in [5, 5.41) is 4.20. The fourth-order valence-corrected chi connectivity index (χ4v) is 3.03. The number of carbonyl (C=O) groups excluding carboxylic acids is 1. The Hall–Kier alpha value is -2.05. The van der Waals surface area contributed by atoms with Gasteiger partial charge in [-0.25, -0.2) is 0 Å². The molecule has 3 rings (SSSR count). The van der Waals surface area contributed by atoms with Gasteiger partial charge < -0.3 is 24.1 Å². The number of nitrogens with zero attached hydrogens (tertiary/aromatic N) is 1. The molecule has 6 heteroatoms. The maximum atomic E-state index is 12.9. The quantitative estimate of drug-likeness (QED) is 0.931. The predicted octanol–water partition coefficient (Wildman–Crippen LogP) is 1.81. The van der Waals surface area contributed by atoms with Crippen molar-refractivity contribution in [2.75, 3.05) is 40.5 Å². The summed E-state index contributed by atoms with van der Waals surface area (Å²) < 4.78 is 16.3. The summed E-state index contributed by atoms with van der Waals surface area (Å²) in [4.78, 5) is 14.8. The SMILES string of the molecule is COCC1CNCCN1C(=O)c1oc2ccc(OC)cc2c1C. The highest BCUT2D eigenvalue weighted by molar-refractivity contribution is 5.99. The zero-order valence-corrected chi connectivity index (χ0v) is 13.7. The molecule has 1 unspecified atom stereocenters. The van der Waals surface area contributed by atoms with Crippen molar-refractivity contribution < 1.29 is 18.7 Å². The summed E-state index contributed by atoms with van der Waals surface area (Å²) in [5.74, 6) is 1.07. The minimum absolute atomic E-state index is 0.0170. The number of fused-ring (bicyclic) bond motifs is 1. The second-order valence-corrected chi connectivity index (χ2v) is 5.73. The molecule has 0 radical (unpaired) electrons. The number of aryl methyl sites for hydroxylation is 1. The molecule has 1 atom stereocenters. The van der Waals surface area contributed by atoms with E-state index in [0.717, 1.165) is 29.8 Å². The largest absolute Gasteiger partial charge is 0.497 e. The van der Waals surface area contributed by atoms with Crippen molar-refractivity contribution in [3.8, 4) is 5.75 Å². The topological polar surface area (TPSA) is 63.9 Å². The van der Waals surface area contributed by atoms with Gasteiger partial charge in [0.1, 0.15) is 11.3 Å². The standard InChI is InChI=1S/C17H22N2O4/c1-11-14-8-13(22-3)4-5-15(14)23-16(11)17(20)19-7-6-18-9-12(19)10-21-2/h4-5,8,12,18H,6-7,9-10H2,1-3H3. The van der Waals surface area contributed by atoms with E-state index in [9.17, 15) is 4.79 Å². The molecule has 0 spiro atoms. The maximum absolute atomic E-state index is 12.9. The van der Waals surface area contributed by atoms with Crippen LogP contribution in [0.15, 0.2) is 22.6 Å². The molecular formula is C17H22N2O4. The first kappa shape index (κ1) is 15.8. The molecule has 1 aliphatic heterocycles. The molecule has 0 bridgehead atoms. The van der Waals surface area contributed by atoms with Crippen LogP contribution in [0.4, 0.5) is 0 Å². The molecule has 23 heavy (non-hydrogen) atoms. The average Bonchev–Trinajstić information content (AvgIpc) is 2.91. The lowest BCUT2D eigenvalue weighted by atomic mass is 10.1. The molecule has 1 amide bonds. The average molecular weight is 318 g/mol. The van der Waals surface area contributed by atoms with Crippen LogP contribution in [0.3, 0.4) is 0 Å². The van der Waals surface area contributed by atoms with E-state index in [-0.39, 0.29) is 11.9 Å². The Morgan fingerprint density at radius 2 is 2.26 bits per heavy atom. The molecule has 2 heterocycles. The number of carbonyl (C=O) groups is 1. The van der Waals surface area contributed by atoms with E-state index in [0.29, 0.717) is 24.5 Å². The molecule has 1 aromatic heterocycles. The summed E-state index contributed by atoms with van der Waals surface area (Å²) in [7, 11) is 3.27. The van der Waals surface area contributed by atoms with Crippen molar-refractivity contribution in [1.82, 2.24) is 10.2 Å². The Morgan fingerprint density at radius 3 is 3.00 bits per heavy atom. The van der Waals surface area contributed by atoms with Gasteiger partial charge >= 0.3 is 0 Å². The molecular weight excluding hydrogens is 296 g/mol. The van der Waals surface area contributed by atoms with Crippen molar-refractivity contribution in [2.24, 2.45) is 0 Å². The Kier molecular flexibility index (Phi) is 4.54. The lowest BCUT2D eigenvalue weighted by Crippen LogP contribution is -2.55. The van der Waals surface area contributed by atoms with Crippen molar-refractivity contribution in [2.45, 2.75) is 13.0 Å². The number of hydrogen-bond donors (Lipinski definition) is 1. The van der Waals surface area contributed by atoms with Crippen molar-refractivity contribution in [3.63, 3.8) is 0 Å². The van der Waals surface area contributed by atoms with Gasteiger partial charge in [-0.2, -0.15) is 0 Å². The molecule has 1 fully saturated rings. The molecule has 2 aromatic rings. The minimum Gasteiger partial charge on any atom is -0.497 e. The third-order valence-corrected chi connectivity index (χ3v) is 4.31. The van der Waals surface area contributed by atoms with E-state index in [2.05, 4.69) is 5.32 Å². The van der Waals surface area contributed by atoms with E-state index in [1.54, 1.807) is 14.2 Å². The second kappa shape index (κ2) is 6.60. The molecule has 1 aliphatic rings. The molecule has 1 aromatic carbocycles. The number of hydrogen-bond acceptors (Lipinski definition) is 5. The lowest BCUT2D eigenvalue weighted by Gasteiger charge is -2.35. The smallest absolute Gasteiger partial charge is 0.290 e. The van der Waals surface area contributed by atoms with Crippen LogP contribution in [0.1, 0.15) is 16.1 Å². The number of rotatable bonds is 4. The van der Waals surface area contributed by atoms with Gasteiger partial charge in [-0.3, -0.25) is 4.79 Å². The molecule has 124 valence electrons. The summed E-state index contributed by atoms with van der Waals surface area (Å²) in [6.45, 7) is 4.57. The first-order valence-corrected chi connectivity index (χ1v) is 7.73. The Balaban J connectivity index is 1.95. The Morgan fingerprint density at radius 1 is 1.43 bits per heavy atom. The highest BCUT2D eigenvalue weighted by Crippen LogP contribution is 2.30. The molecule has 6 nitrogen and oxygen atoms in total. The van der Waals surface area contributed by atoms with Gasteiger partial charge in [-0.05, 0) is 25.1 Å². The van der Waals surface area contributed by atoms with Gasteiger partial charge in [0, 0.05) is 37.7 Å². The first-order chi connectivity index (χ1) is 11.2. The molecule has 1 saturated heterocycles. The molecule has 0 aliphatic carbocycles. The van der Waals surface area contributed by atoms with Gasteiger partial charge in [0.25, 0.3) is 5.91 Å². The Bertz CT molecular complexity index is 708. The van der Waals surface area contributed by atoms with Crippen molar-refractivity contribution in [1.29, 1.82) is 0 Å². The predicted molar refractivity (Wildman–Crippen MR) is 87.1 cm³/mol. The summed E-state index contributed by atoms with van der Waals surface area (Å²) >= 11 is 0. The monoisotopic (exact) mass is 318 g/mol.